The molecule has 3 aromatic carbocycles. The molecule has 0 amide bonds. The fourth-order valence-corrected chi connectivity index (χ4v) is 15.9. The maximum Gasteiger partial charge on any atom is 0.334 e. The van der Waals surface area contributed by atoms with E-state index in [-0.39, 0.29) is 47.5 Å². The average Bonchev–Trinajstić information content (AvgIpc) is 4.08. The lowest BCUT2D eigenvalue weighted by Gasteiger charge is -2.53. The van der Waals surface area contributed by atoms with Crippen LogP contribution < -0.4 is 15.9 Å². The highest BCUT2D eigenvalue weighted by Gasteiger charge is 3.01. The number of carbonyl (C=O) groups is 2. The second kappa shape index (κ2) is 11.1. The van der Waals surface area contributed by atoms with Crippen molar-refractivity contribution >= 4 is 35.1 Å². The predicted octanol–water partition coefficient (Wildman–Crippen LogP) is 5.82. The smallest absolute Gasteiger partial charge is 0.334 e. The van der Waals surface area contributed by atoms with E-state index in [0.29, 0.717) is 19.4 Å². The SMILES string of the molecule is CC(C)[C@]12O[C@H]1[C@@H]1O[C@]13[C@]1(O[C@H]1C[C@H]1C4=C(CC[C@@]13C)C(=O)OC4)[C@@H]2OC(=O)CCCC[P+](c1ccccc1)(c1ccccc1)c1ccccc1. The maximum absolute atomic E-state index is 14.0. The van der Waals surface area contributed by atoms with Crippen molar-refractivity contribution in [3.63, 3.8) is 0 Å². The number of esters is 2. The largest absolute Gasteiger partial charge is 0.458 e. The summed E-state index contributed by atoms with van der Waals surface area (Å²) in [5, 5.41) is 4.06. The van der Waals surface area contributed by atoms with Crippen LogP contribution in [0, 0.1) is 17.3 Å². The third kappa shape index (κ3) is 4.10. The Balaban J connectivity index is 0.911. The van der Waals surface area contributed by atoms with Crippen LogP contribution in [0.15, 0.2) is 102 Å². The minimum absolute atomic E-state index is 0.0983. The zero-order chi connectivity index (χ0) is 34.8. The highest BCUT2D eigenvalue weighted by Crippen LogP contribution is 2.83. The van der Waals surface area contributed by atoms with E-state index in [0.717, 1.165) is 43.0 Å². The molecular formula is C43H46O7P+. The molecule has 0 unspecified atom stereocenters. The summed E-state index contributed by atoms with van der Waals surface area (Å²) in [6.07, 6.45) is 4.30. The molecule has 9 atom stereocenters. The van der Waals surface area contributed by atoms with E-state index in [1.807, 2.05) is 0 Å². The molecule has 5 fully saturated rings. The van der Waals surface area contributed by atoms with E-state index < -0.39 is 30.2 Å². The number of benzene rings is 3. The molecule has 3 aliphatic carbocycles. The molecule has 3 saturated heterocycles. The van der Waals surface area contributed by atoms with Crippen LogP contribution in [0.1, 0.15) is 59.3 Å². The monoisotopic (exact) mass is 705 g/mol. The average molecular weight is 706 g/mol. The minimum Gasteiger partial charge on any atom is -0.458 e. The lowest BCUT2D eigenvalue weighted by Crippen LogP contribution is -2.70. The Bertz CT molecular complexity index is 1830. The Morgan fingerprint density at radius 2 is 1.49 bits per heavy atom. The summed E-state index contributed by atoms with van der Waals surface area (Å²) in [5.41, 5.74) is -0.225. The van der Waals surface area contributed by atoms with Gasteiger partial charge in [-0.1, -0.05) is 75.4 Å². The zero-order valence-electron chi connectivity index (χ0n) is 29.6. The predicted molar refractivity (Wildman–Crippen MR) is 195 cm³/mol. The molecule has 4 aliphatic heterocycles. The third-order valence-corrected chi connectivity index (χ3v) is 18.6. The zero-order valence-corrected chi connectivity index (χ0v) is 30.5. The van der Waals surface area contributed by atoms with Crippen LogP contribution in [0.25, 0.3) is 0 Å². The highest BCUT2D eigenvalue weighted by atomic mass is 31.2. The molecule has 264 valence electrons. The van der Waals surface area contributed by atoms with Crippen LogP contribution >= 0.6 is 7.26 Å². The number of hydrogen-bond acceptors (Lipinski definition) is 7. The van der Waals surface area contributed by atoms with Gasteiger partial charge in [0.05, 0.1) is 12.3 Å². The summed E-state index contributed by atoms with van der Waals surface area (Å²) in [6.45, 7) is 7.01. The van der Waals surface area contributed by atoms with Crippen LogP contribution in [0.2, 0.25) is 0 Å². The lowest BCUT2D eigenvalue weighted by molar-refractivity contribution is -0.169. The first-order valence-electron chi connectivity index (χ1n) is 18.9. The summed E-state index contributed by atoms with van der Waals surface area (Å²) in [5.74, 6) is -0.0861. The van der Waals surface area contributed by atoms with Gasteiger partial charge in [-0.05, 0) is 85.9 Å². The fraction of sp³-hybridized carbons (Fsp3) is 0.488. The van der Waals surface area contributed by atoms with E-state index >= 15 is 0 Å². The Labute approximate surface area is 300 Å². The number of ether oxygens (including phenoxy) is 5. The third-order valence-electron chi connectivity index (χ3n) is 14.0. The molecule has 0 N–H and O–H groups in total. The number of cyclic esters (lactones) is 1. The molecule has 51 heavy (non-hydrogen) atoms. The fourth-order valence-electron chi connectivity index (χ4n) is 11.5. The topological polar surface area (TPSA) is 90.2 Å². The van der Waals surface area contributed by atoms with Gasteiger partial charge in [-0.25, -0.2) is 4.79 Å². The van der Waals surface area contributed by atoms with E-state index in [1.54, 1.807) is 0 Å². The molecule has 0 aromatic heterocycles. The summed E-state index contributed by atoms with van der Waals surface area (Å²) >= 11 is 0. The Morgan fingerprint density at radius 3 is 2.10 bits per heavy atom. The standard InChI is InChI=1S/C43H46O7P/c1-27(2)41-36(49-41)37-43(50-37)40(3)23-22-31-32(26-46-38(31)45)33(40)25-34-42(43,48-34)39(41)47-35(44)21-13-14-24-51(28-15-7-4-8-16-28,29-17-9-5-10-18-29)30-19-11-6-12-20-30/h4-12,15-20,27,33-34,36-37,39H,13-14,21-26H2,1-3H3/q+1/t33-,34-,36-,37-,39+,40-,41-,42+,43+/m0/s1. The number of hydrogen-bond donors (Lipinski definition) is 0. The first-order chi connectivity index (χ1) is 24.7. The van der Waals surface area contributed by atoms with Gasteiger partial charge in [0.2, 0.25) is 0 Å². The number of fused-ring (bicyclic) bond motifs is 4. The lowest BCUT2D eigenvalue weighted by atomic mass is 9.46. The van der Waals surface area contributed by atoms with Gasteiger partial charge in [0.25, 0.3) is 0 Å². The Morgan fingerprint density at radius 1 is 0.863 bits per heavy atom. The van der Waals surface area contributed by atoms with Crippen LogP contribution in [-0.2, 0) is 33.3 Å². The first kappa shape index (κ1) is 32.3. The summed E-state index contributed by atoms with van der Waals surface area (Å²) < 4.78 is 32.6. The van der Waals surface area contributed by atoms with Crippen molar-refractivity contribution in [2.24, 2.45) is 17.3 Å². The second-order valence-corrected chi connectivity index (χ2v) is 20.0. The van der Waals surface area contributed by atoms with Crippen molar-refractivity contribution in [3.05, 3.63) is 102 Å². The number of unbranched alkanes of at least 4 members (excludes halogenated alkanes) is 1. The molecular weight excluding hydrogens is 659 g/mol. The van der Waals surface area contributed by atoms with Crippen molar-refractivity contribution < 1.29 is 33.3 Å². The molecule has 8 heteroatoms. The van der Waals surface area contributed by atoms with Gasteiger partial charge < -0.3 is 23.7 Å². The number of carbonyl (C=O) groups excluding carboxylic acids is 2. The van der Waals surface area contributed by atoms with E-state index in [4.69, 9.17) is 23.7 Å². The molecule has 0 bridgehead atoms. The van der Waals surface area contributed by atoms with Gasteiger partial charge in [-0.15, -0.1) is 0 Å². The molecule has 2 saturated carbocycles. The first-order valence-corrected chi connectivity index (χ1v) is 20.9. The van der Waals surface area contributed by atoms with Gasteiger partial charge in [-0.2, -0.15) is 0 Å². The van der Waals surface area contributed by atoms with Gasteiger partial charge in [0, 0.05) is 17.4 Å². The molecule has 7 aliphatic rings. The Hall–Kier alpha value is -3.35. The normalized spacial score (nSPS) is 38.0. The molecule has 7 nitrogen and oxygen atoms in total. The van der Waals surface area contributed by atoms with Gasteiger partial charge in [0.15, 0.2) is 11.7 Å². The molecule has 4 heterocycles. The Kier molecular flexibility index (Phi) is 7.02. The quantitative estimate of drug-likeness (QED) is 0.114. The van der Waals surface area contributed by atoms with E-state index in [2.05, 4.69) is 112 Å². The molecule has 3 aromatic rings. The van der Waals surface area contributed by atoms with Crippen LogP contribution in [0.3, 0.4) is 0 Å². The van der Waals surface area contributed by atoms with Crippen molar-refractivity contribution in [1.82, 2.24) is 0 Å². The van der Waals surface area contributed by atoms with Gasteiger partial charge >= 0.3 is 11.9 Å². The number of rotatable bonds is 10. The summed E-state index contributed by atoms with van der Waals surface area (Å²) in [7, 11) is -1.98. The van der Waals surface area contributed by atoms with Crippen molar-refractivity contribution in [2.45, 2.75) is 101 Å². The number of epoxide rings is 3. The molecule has 10 rings (SSSR count). The van der Waals surface area contributed by atoms with Crippen molar-refractivity contribution in [1.29, 1.82) is 0 Å². The van der Waals surface area contributed by atoms with Crippen LogP contribution in [0.4, 0.5) is 0 Å². The summed E-state index contributed by atoms with van der Waals surface area (Å²) in [4.78, 5) is 26.6. The van der Waals surface area contributed by atoms with Gasteiger partial charge in [-0.3, -0.25) is 4.79 Å². The van der Waals surface area contributed by atoms with Crippen LogP contribution in [-0.4, -0.2) is 65.9 Å². The molecule has 2 spiro atoms. The highest BCUT2D eigenvalue weighted by molar-refractivity contribution is 7.95. The molecule has 0 radical (unpaired) electrons. The van der Waals surface area contributed by atoms with E-state index in [9.17, 15) is 9.59 Å². The van der Waals surface area contributed by atoms with Crippen LogP contribution in [0.5, 0.6) is 0 Å². The second-order valence-electron chi connectivity index (χ2n) is 16.4. The maximum atomic E-state index is 14.0. The van der Waals surface area contributed by atoms with E-state index in [1.165, 1.54) is 15.9 Å². The summed E-state index contributed by atoms with van der Waals surface area (Å²) in [6, 6.07) is 32.7. The van der Waals surface area contributed by atoms with Crippen molar-refractivity contribution in [2.75, 3.05) is 12.8 Å². The minimum atomic E-state index is -1.98. The van der Waals surface area contributed by atoms with Crippen molar-refractivity contribution in [3.8, 4) is 0 Å². The van der Waals surface area contributed by atoms with Gasteiger partial charge in [0.1, 0.15) is 53.2 Å².